The first-order chi connectivity index (χ1) is 9.15. The van der Waals surface area contributed by atoms with Gasteiger partial charge in [-0.15, -0.1) is 34.0 Å². The molecule has 0 unspecified atom stereocenters. The average molecular weight is 306 g/mol. The van der Waals surface area contributed by atoms with Crippen molar-refractivity contribution >= 4 is 39.9 Å². The van der Waals surface area contributed by atoms with E-state index in [1.165, 1.54) is 21.1 Å². The van der Waals surface area contributed by atoms with Gasteiger partial charge in [0.15, 0.2) is 0 Å². The minimum atomic E-state index is -0.406. The smallest absolute Gasteiger partial charge is 0.260 e. The Morgan fingerprint density at radius 2 is 1.95 bits per heavy atom. The van der Waals surface area contributed by atoms with Crippen LogP contribution < -0.4 is 5.73 Å². The van der Waals surface area contributed by atoms with E-state index in [9.17, 15) is 4.79 Å². The van der Waals surface area contributed by atoms with E-state index >= 15 is 0 Å². The standard InChI is InChI=1S/C13H10N2OS3/c1-7-11(12(14)16)19-13(15-7)10-5-4-9(18-10)8-3-2-6-17-8/h2-6H,1H3,(H2,14,16). The number of thiazole rings is 1. The van der Waals surface area contributed by atoms with Gasteiger partial charge in [0, 0.05) is 9.75 Å². The van der Waals surface area contributed by atoms with Crippen LogP contribution in [0.2, 0.25) is 0 Å². The summed E-state index contributed by atoms with van der Waals surface area (Å²) in [6, 6.07) is 8.27. The van der Waals surface area contributed by atoms with Gasteiger partial charge in [-0.05, 0) is 30.5 Å². The van der Waals surface area contributed by atoms with E-state index in [-0.39, 0.29) is 0 Å². The summed E-state index contributed by atoms with van der Waals surface area (Å²) in [4.78, 5) is 19.8. The fraction of sp³-hybridized carbons (Fsp3) is 0.0769. The quantitative estimate of drug-likeness (QED) is 0.795. The van der Waals surface area contributed by atoms with Crippen LogP contribution in [-0.4, -0.2) is 10.9 Å². The number of nitrogens with two attached hydrogens (primary N) is 1. The van der Waals surface area contributed by atoms with E-state index in [4.69, 9.17) is 5.73 Å². The van der Waals surface area contributed by atoms with Crippen LogP contribution in [0.1, 0.15) is 15.4 Å². The predicted octanol–water partition coefficient (Wildman–Crippen LogP) is 4.01. The molecule has 0 aliphatic heterocycles. The van der Waals surface area contributed by atoms with Crippen LogP contribution in [0.25, 0.3) is 19.6 Å². The normalized spacial score (nSPS) is 10.8. The third-order valence-corrected chi connectivity index (χ3v) is 6.09. The Hall–Kier alpha value is -1.50. The van der Waals surface area contributed by atoms with Crippen LogP contribution in [0.4, 0.5) is 0 Å². The molecule has 0 fully saturated rings. The summed E-state index contributed by atoms with van der Waals surface area (Å²) < 4.78 is 0. The van der Waals surface area contributed by atoms with E-state index in [0.717, 1.165) is 9.88 Å². The van der Waals surface area contributed by atoms with Crippen molar-refractivity contribution in [3.05, 3.63) is 40.2 Å². The monoisotopic (exact) mass is 306 g/mol. The molecule has 0 aromatic carbocycles. The maximum atomic E-state index is 11.3. The number of hydrogen-bond donors (Lipinski definition) is 1. The van der Waals surface area contributed by atoms with Crippen molar-refractivity contribution < 1.29 is 4.79 Å². The Balaban J connectivity index is 1.99. The molecule has 3 aromatic rings. The van der Waals surface area contributed by atoms with Gasteiger partial charge in [0.25, 0.3) is 5.91 Å². The molecule has 0 spiro atoms. The van der Waals surface area contributed by atoms with Crippen LogP contribution in [0.5, 0.6) is 0 Å². The molecular weight excluding hydrogens is 296 g/mol. The fourth-order valence-corrected chi connectivity index (χ4v) is 4.55. The van der Waals surface area contributed by atoms with E-state index < -0.39 is 5.91 Å². The highest BCUT2D eigenvalue weighted by molar-refractivity contribution is 7.26. The minimum absolute atomic E-state index is 0.406. The number of thiophene rings is 2. The number of amides is 1. The lowest BCUT2D eigenvalue weighted by atomic mass is 10.3. The van der Waals surface area contributed by atoms with Crippen LogP contribution in [0.3, 0.4) is 0 Å². The van der Waals surface area contributed by atoms with Gasteiger partial charge in [0.1, 0.15) is 9.88 Å². The Labute approximate surface area is 122 Å². The molecule has 3 nitrogen and oxygen atoms in total. The number of carbonyl (C=O) groups excluding carboxylic acids is 1. The molecule has 3 aromatic heterocycles. The van der Waals surface area contributed by atoms with Gasteiger partial charge in [-0.2, -0.15) is 0 Å². The van der Waals surface area contributed by atoms with Crippen molar-refractivity contribution in [3.63, 3.8) is 0 Å². The highest BCUT2D eigenvalue weighted by atomic mass is 32.1. The van der Waals surface area contributed by atoms with Crippen molar-refractivity contribution in [1.82, 2.24) is 4.98 Å². The highest BCUT2D eigenvalue weighted by Gasteiger charge is 2.15. The number of aryl methyl sites for hydroxylation is 1. The molecule has 0 saturated heterocycles. The van der Waals surface area contributed by atoms with Crippen molar-refractivity contribution in [2.24, 2.45) is 5.73 Å². The van der Waals surface area contributed by atoms with Gasteiger partial charge in [-0.3, -0.25) is 4.79 Å². The molecule has 0 radical (unpaired) electrons. The molecule has 0 aliphatic carbocycles. The summed E-state index contributed by atoms with van der Waals surface area (Å²) in [5, 5.41) is 2.92. The van der Waals surface area contributed by atoms with Gasteiger partial charge in [-0.1, -0.05) is 6.07 Å². The van der Waals surface area contributed by atoms with Gasteiger partial charge in [0.2, 0.25) is 0 Å². The van der Waals surface area contributed by atoms with E-state index in [1.807, 2.05) is 19.1 Å². The SMILES string of the molecule is Cc1nc(-c2ccc(-c3cccs3)s2)sc1C(N)=O. The molecule has 3 rings (SSSR count). The van der Waals surface area contributed by atoms with Crippen molar-refractivity contribution in [2.45, 2.75) is 6.92 Å². The zero-order valence-corrected chi connectivity index (χ0v) is 12.5. The fourth-order valence-electron chi connectivity index (χ4n) is 1.73. The largest absolute Gasteiger partial charge is 0.365 e. The Bertz CT molecular complexity index is 725. The highest BCUT2D eigenvalue weighted by Crippen LogP contribution is 2.38. The predicted molar refractivity (Wildman–Crippen MR) is 82.0 cm³/mol. The minimum Gasteiger partial charge on any atom is -0.365 e. The second-order valence-corrected chi connectivity index (χ2v) is 6.97. The number of nitrogens with zero attached hydrogens (tertiary/aromatic N) is 1. The Kier molecular flexibility index (Phi) is 3.22. The zero-order valence-electron chi connectivity index (χ0n) is 10.0. The molecule has 2 N–H and O–H groups in total. The van der Waals surface area contributed by atoms with E-state index in [1.54, 1.807) is 22.7 Å². The van der Waals surface area contributed by atoms with Gasteiger partial charge >= 0.3 is 0 Å². The summed E-state index contributed by atoms with van der Waals surface area (Å²) in [6.45, 7) is 1.81. The van der Waals surface area contributed by atoms with Gasteiger partial charge in [0.05, 0.1) is 10.6 Å². The summed E-state index contributed by atoms with van der Waals surface area (Å²) in [5.74, 6) is -0.406. The molecule has 96 valence electrons. The van der Waals surface area contributed by atoms with E-state index in [2.05, 4.69) is 22.5 Å². The molecule has 3 heterocycles. The zero-order chi connectivity index (χ0) is 13.4. The molecular formula is C13H10N2OS3. The lowest BCUT2D eigenvalue weighted by molar-refractivity contribution is 0.100. The summed E-state index contributed by atoms with van der Waals surface area (Å²) in [6.07, 6.45) is 0. The second-order valence-electron chi connectivity index (χ2n) is 3.94. The molecule has 19 heavy (non-hydrogen) atoms. The third-order valence-electron chi connectivity index (χ3n) is 2.60. The molecule has 0 bridgehead atoms. The maximum Gasteiger partial charge on any atom is 0.260 e. The van der Waals surface area contributed by atoms with Crippen LogP contribution in [0, 0.1) is 6.92 Å². The van der Waals surface area contributed by atoms with Gasteiger partial charge in [-0.25, -0.2) is 4.98 Å². The topological polar surface area (TPSA) is 56.0 Å². The van der Waals surface area contributed by atoms with Crippen LogP contribution in [-0.2, 0) is 0 Å². The van der Waals surface area contributed by atoms with Crippen molar-refractivity contribution in [1.29, 1.82) is 0 Å². The first kappa shape index (κ1) is 12.5. The average Bonchev–Trinajstić information content (AvgIpc) is 3.08. The first-order valence-corrected chi connectivity index (χ1v) is 8.08. The molecule has 0 atom stereocenters. The molecule has 0 saturated carbocycles. The number of hydrogen-bond acceptors (Lipinski definition) is 5. The Morgan fingerprint density at radius 3 is 2.58 bits per heavy atom. The number of rotatable bonds is 3. The summed E-state index contributed by atoms with van der Waals surface area (Å²) in [5.41, 5.74) is 6.03. The Morgan fingerprint density at radius 1 is 1.16 bits per heavy atom. The number of aromatic nitrogens is 1. The summed E-state index contributed by atoms with van der Waals surface area (Å²) in [7, 11) is 0. The molecule has 6 heteroatoms. The second kappa shape index (κ2) is 4.88. The van der Waals surface area contributed by atoms with E-state index in [0.29, 0.717) is 10.6 Å². The van der Waals surface area contributed by atoms with Crippen molar-refractivity contribution in [3.8, 4) is 19.6 Å². The van der Waals surface area contributed by atoms with Crippen LogP contribution in [0.15, 0.2) is 29.6 Å². The van der Waals surface area contributed by atoms with Gasteiger partial charge < -0.3 is 5.73 Å². The number of carbonyl (C=O) groups is 1. The molecule has 0 aliphatic rings. The van der Waals surface area contributed by atoms with Crippen molar-refractivity contribution in [2.75, 3.05) is 0 Å². The lowest BCUT2D eigenvalue weighted by Crippen LogP contribution is -2.09. The maximum absolute atomic E-state index is 11.3. The third kappa shape index (κ3) is 2.34. The van der Waals surface area contributed by atoms with Crippen LogP contribution >= 0.6 is 34.0 Å². The lowest BCUT2D eigenvalue weighted by Gasteiger charge is -1.89. The molecule has 1 amide bonds. The number of primary amides is 1. The summed E-state index contributed by atoms with van der Waals surface area (Å²) >= 11 is 4.76. The first-order valence-electron chi connectivity index (χ1n) is 5.56.